The predicted molar refractivity (Wildman–Crippen MR) is 192 cm³/mol. The summed E-state index contributed by atoms with van der Waals surface area (Å²) in [5, 5.41) is 9.74. The van der Waals surface area contributed by atoms with Crippen molar-refractivity contribution in [3.05, 3.63) is 175 Å². The van der Waals surface area contributed by atoms with Crippen molar-refractivity contribution < 1.29 is 4.42 Å². The van der Waals surface area contributed by atoms with E-state index in [1.54, 1.807) is 0 Å². The van der Waals surface area contributed by atoms with Crippen LogP contribution in [-0.4, -0.2) is 0 Å². The van der Waals surface area contributed by atoms with Gasteiger partial charge in [0, 0.05) is 22.3 Å². The van der Waals surface area contributed by atoms with Gasteiger partial charge >= 0.3 is 0 Å². The van der Waals surface area contributed by atoms with Crippen LogP contribution in [0.3, 0.4) is 0 Å². The Morgan fingerprint density at radius 1 is 0.478 bits per heavy atom. The molecule has 1 aliphatic rings. The lowest BCUT2D eigenvalue weighted by Crippen LogP contribution is -2.34. The van der Waals surface area contributed by atoms with Crippen molar-refractivity contribution in [2.45, 2.75) is 6.17 Å². The summed E-state index contributed by atoms with van der Waals surface area (Å²) in [6.45, 7) is 0. The van der Waals surface area contributed by atoms with Gasteiger partial charge < -0.3 is 14.6 Å². The van der Waals surface area contributed by atoms with Crippen LogP contribution in [0.2, 0.25) is 0 Å². The summed E-state index contributed by atoms with van der Waals surface area (Å²) in [4.78, 5) is 2.34. The number of furan rings is 1. The van der Waals surface area contributed by atoms with Crippen molar-refractivity contribution in [1.29, 1.82) is 0 Å². The van der Waals surface area contributed by atoms with E-state index >= 15 is 0 Å². The first kappa shape index (κ1) is 26.4. The summed E-state index contributed by atoms with van der Waals surface area (Å²) in [5.41, 5.74) is 8.98. The second-order valence-corrected chi connectivity index (χ2v) is 11.8. The third-order valence-electron chi connectivity index (χ3n) is 9.17. The number of para-hydroxylation sites is 1. The maximum absolute atomic E-state index is 6.55. The molecule has 46 heavy (non-hydrogen) atoms. The number of nitrogens with one attached hydrogen (secondary N) is 1. The number of nitrogens with zero attached hydrogens (tertiary/aromatic N) is 1. The monoisotopic (exact) mass is 590 g/mol. The number of fused-ring (bicyclic) bond motifs is 5. The Labute approximate surface area is 267 Å². The Kier molecular flexibility index (Phi) is 6.20. The molecule has 0 amide bonds. The van der Waals surface area contributed by atoms with Gasteiger partial charge in [-0.1, -0.05) is 127 Å². The molecule has 9 rings (SSSR count). The highest BCUT2D eigenvalue weighted by atomic mass is 16.3. The van der Waals surface area contributed by atoms with Crippen LogP contribution in [-0.2, 0) is 0 Å². The van der Waals surface area contributed by atoms with E-state index in [4.69, 9.17) is 4.42 Å². The molecule has 1 unspecified atom stereocenters. The third-order valence-corrected chi connectivity index (χ3v) is 9.17. The van der Waals surface area contributed by atoms with Gasteiger partial charge in [-0.15, -0.1) is 0 Å². The normalized spacial score (nSPS) is 14.0. The van der Waals surface area contributed by atoms with Gasteiger partial charge in [0.05, 0.1) is 0 Å². The van der Waals surface area contributed by atoms with Gasteiger partial charge in [0.25, 0.3) is 0 Å². The fourth-order valence-corrected chi connectivity index (χ4v) is 6.95. The molecule has 1 aliphatic heterocycles. The molecule has 0 aliphatic carbocycles. The van der Waals surface area contributed by atoms with E-state index in [0.717, 1.165) is 33.7 Å². The molecule has 1 aromatic heterocycles. The first-order chi connectivity index (χ1) is 22.8. The maximum atomic E-state index is 6.55. The van der Waals surface area contributed by atoms with Crippen molar-refractivity contribution in [3.63, 3.8) is 0 Å². The van der Waals surface area contributed by atoms with Gasteiger partial charge in [-0.05, 0) is 86.4 Å². The molecule has 0 bridgehead atoms. The zero-order valence-electron chi connectivity index (χ0n) is 25.1. The zero-order valence-corrected chi connectivity index (χ0v) is 25.1. The minimum Gasteiger partial charge on any atom is -0.456 e. The highest BCUT2D eigenvalue weighted by Gasteiger charge is 2.30. The molecular weight excluding hydrogens is 560 g/mol. The van der Waals surface area contributed by atoms with Gasteiger partial charge in [0.2, 0.25) is 0 Å². The highest BCUT2D eigenvalue weighted by molar-refractivity contribution is 5.98. The van der Waals surface area contributed by atoms with Crippen LogP contribution in [0.5, 0.6) is 0 Å². The summed E-state index contributed by atoms with van der Waals surface area (Å²) in [6.07, 6.45) is 3.92. The van der Waals surface area contributed by atoms with Crippen LogP contribution in [0.1, 0.15) is 17.5 Å². The van der Waals surface area contributed by atoms with Gasteiger partial charge in [-0.2, -0.15) is 0 Å². The van der Waals surface area contributed by atoms with E-state index in [9.17, 15) is 0 Å². The lowest BCUT2D eigenvalue weighted by molar-refractivity contribution is 0.462. The molecule has 218 valence electrons. The fraction of sp³-hybridized carbons (Fsp3) is 0.0233. The van der Waals surface area contributed by atoms with Crippen LogP contribution in [0.4, 0.5) is 11.4 Å². The molecule has 0 saturated heterocycles. The molecule has 2 heterocycles. The summed E-state index contributed by atoms with van der Waals surface area (Å²) < 4.78 is 6.55. The van der Waals surface area contributed by atoms with E-state index in [-0.39, 0.29) is 6.17 Å². The molecule has 7 aromatic carbocycles. The smallest absolute Gasteiger partial charge is 0.164 e. The van der Waals surface area contributed by atoms with E-state index in [0.29, 0.717) is 0 Å². The average molecular weight is 591 g/mol. The number of anilines is 2. The molecular formula is C43H30N2O. The first-order valence-corrected chi connectivity index (χ1v) is 15.7. The standard InChI is InChI=1S/C43H30N2O/c1-3-13-35-29(9-1)11-7-16-37(35)31-19-23-33(24-20-31)45(43-42-40(27-28-44-43)39-15-5-6-18-41(39)46-42)34-25-21-32(22-26-34)38-17-8-12-30-10-2-4-14-36(30)38/h1-28,43-44H. The number of benzene rings is 7. The van der Waals surface area contributed by atoms with E-state index in [2.05, 4.69) is 162 Å². The van der Waals surface area contributed by atoms with Crippen LogP contribution in [0.15, 0.2) is 168 Å². The Morgan fingerprint density at radius 2 is 0.978 bits per heavy atom. The van der Waals surface area contributed by atoms with Crippen LogP contribution in [0, 0.1) is 0 Å². The third kappa shape index (κ3) is 4.36. The molecule has 0 radical (unpaired) electrons. The Bertz CT molecular complexity index is 2270. The topological polar surface area (TPSA) is 28.4 Å². The van der Waals surface area contributed by atoms with Gasteiger partial charge in [0.15, 0.2) is 11.9 Å². The van der Waals surface area contributed by atoms with Crippen LogP contribution >= 0.6 is 0 Å². The quantitative estimate of drug-likeness (QED) is 0.216. The minimum atomic E-state index is -0.237. The fourth-order valence-electron chi connectivity index (χ4n) is 6.95. The number of rotatable bonds is 5. The molecule has 0 fully saturated rings. The lowest BCUT2D eigenvalue weighted by atomic mass is 9.97. The molecule has 1 atom stereocenters. The van der Waals surface area contributed by atoms with E-state index in [1.165, 1.54) is 43.8 Å². The van der Waals surface area contributed by atoms with Gasteiger partial charge in [-0.3, -0.25) is 0 Å². The summed E-state index contributed by atoms with van der Waals surface area (Å²) >= 11 is 0. The first-order valence-electron chi connectivity index (χ1n) is 15.7. The van der Waals surface area contributed by atoms with Gasteiger partial charge in [-0.25, -0.2) is 0 Å². The van der Waals surface area contributed by atoms with E-state index in [1.807, 2.05) is 18.3 Å². The SMILES string of the molecule is C1=Cc2c(oc3ccccc23)C(N(c2ccc(-c3cccc4ccccc34)cc2)c2ccc(-c3cccc4ccccc34)cc2)N1. The largest absolute Gasteiger partial charge is 0.456 e. The predicted octanol–water partition coefficient (Wildman–Crippen LogP) is 11.5. The maximum Gasteiger partial charge on any atom is 0.164 e. The van der Waals surface area contributed by atoms with Crippen molar-refractivity contribution in [3.8, 4) is 22.3 Å². The highest BCUT2D eigenvalue weighted by Crippen LogP contribution is 2.42. The van der Waals surface area contributed by atoms with Crippen LogP contribution in [0.25, 0.3) is 60.8 Å². The zero-order chi connectivity index (χ0) is 30.5. The Balaban J connectivity index is 1.16. The number of hydrogen-bond donors (Lipinski definition) is 1. The molecule has 3 heteroatoms. The van der Waals surface area contributed by atoms with E-state index < -0.39 is 0 Å². The molecule has 0 saturated carbocycles. The van der Waals surface area contributed by atoms with Crippen LogP contribution < -0.4 is 10.2 Å². The van der Waals surface area contributed by atoms with Crippen molar-refractivity contribution >= 4 is 50.0 Å². The van der Waals surface area contributed by atoms with Crippen molar-refractivity contribution in [2.24, 2.45) is 0 Å². The molecule has 3 nitrogen and oxygen atoms in total. The minimum absolute atomic E-state index is 0.237. The Hall–Kier alpha value is -6.06. The average Bonchev–Trinajstić information content (AvgIpc) is 3.52. The molecule has 0 spiro atoms. The summed E-state index contributed by atoms with van der Waals surface area (Å²) in [6, 6.07) is 56.2. The summed E-state index contributed by atoms with van der Waals surface area (Å²) in [7, 11) is 0. The van der Waals surface area contributed by atoms with Gasteiger partial charge in [0.1, 0.15) is 5.58 Å². The lowest BCUT2D eigenvalue weighted by Gasteiger charge is -2.34. The second-order valence-electron chi connectivity index (χ2n) is 11.8. The van der Waals surface area contributed by atoms with Crippen molar-refractivity contribution in [1.82, 2.24) is 5.32 Å². The summed E-state index contributed by atoms with van der Waals surface area (Å²) in [5.74, 6) is 0.903. The Morgan fingerprint density at radius 3 is 1.57 bits per heavy atom. The molecule has 8 aromatic rings. The van der Waals surface area contributed by atoms with Crippen molar-refractivity contribution in [2.75, 3.05) is 4.90 Å². The number of hydrogen-bond acceptors (Lipinski definition) is 3. The molecule has 1 N–H and O–H groups in total. The second kappa shape index (κ2) is 10.8.